The van der Waals surface area contributed by atoms with Crippen LogP contribution < -0.4 is 0 Å². The molecule has 1 aromatic heterocycles. The van der Waals surface area contributed by atoms with E-state index in [1.54, 1.807) is 24.3 Å². The van der Waals surface area contributed by atoms with Crippen molar-refractivity contribution in [3.8, 4) is 6.07 Å². The van der Waals surface area contributed by atoms with Crippen molar-refractivity contribution in [2.24, 2.45) is 5.16 Å². The Balaban J connectivity index is 2.81. The van der Waals surface area contributed by atoms with Gasteiger partial charge >= 0.3 is 6.09 Å². The topological polar surface area (TPSA) is 78.6 Å². The molecule has 0 radical (unpaired) electrons. The molecule has 82 valence electrons. The molecule has 0 spiro atoms. The summed E-state index contributed by atoms with van der Waals surface area (Å²) in [6.07, 6.45) is 0.874. The maximum absolute atomic E-state index is 11.1. The summed E-state index contributed by atoms with van der Waals surface area (Å²) in [5.74, 6) is 0. The fourth-order valence-electron chi connectivity index (χ4n) is 0.794. The fraction of sp³-hybridized carbons (Fsp3) is 0.200. The number of nitriles is 1. The van der Waals surface area contributed by atoms with Crippen LogP contribution >= 0.6 is 0 Å². The van der Waals surface area contributed by atoms with E-state index in [-0.39, 0.29) is 5.71 Å². The highest BCUT2D eigenvalue weighted by Gasteiger charge is 2.08. The largest absolute Gasteiger partial charge is 0.435 e. The van der Waals surface area contributed by atoms with Crippen LogP contribution in [-0.4, -0.2) is 35.8 Å². The third kappa shape index (κ3) is 3.06. The van der Waals surface area contributed by atoms with Crippen LogP contribution in [0.25, 0.3) is 0 Å². The van der Waals surface area contributed by atoms with Crippen molar-refractivity contribution in [3.63, 3.8) is 0 Å². The Kier molecular flexibility index (Phi) is 3.98. The zero-order chi connectivity index (χ0) is 12.0. The molecule has 0 aliphatic carbocycles. The molecule has 0 saturated carbocycles. The standard InChI is InChI=1S/C10H10N4O2/c1-14(2)10(15)16-13-9(7-11)8-5-3-4-6-12-8/h3-6H,1-2H3/b13-9+. The smallest absolute Gasteiger partial charge is 0.312 e. The molecule has 0 aliphatic rings. The van der Waals surface area contributed by atoms with Gasteiger partial charge in [-0.05, 0) is 12.1 Å². The molecule has 0 aliphatic heterocycles. The van der Waals surface area contributed by atoms with Gasteiger partial charge in [-0.2, -0.15) is 5.26 Å². The third-order valence-corrected chi connectivity index (χ3v) is 1.59. The monoisotopic (exact) mass is 218 g/mol. The Hall–Kier alpha value is -2.42. The maximum atomic E-state index is 11.1. The molecule has 0 aromatic carbocycles. The summed E-state index contributed by atoms with van der Waals surface area (Å²) in [5, 5.41) is 12.2. The molecular weight excluding hydrogens is 208 g/mol. The van der Waals surface area contributed by atoms with Gasteiger partial charge < -0.3 is 4.90 Å². The Bertz CT molecular complexity index is 434. The summed E-state index contributed by atoms with van der Waals surface area (Å²) in [5.41, 5.74) is 0.312. The van der Waals surface area contributed by atoms with Crippen molar-refractivity contribution < 1.29 is 9.63 Å². The molecular formula is C10H10N4O2. The molecule has 0 unspecified atom stereocenters. The SMILES string of the molecule is CN(C)C(=O)O/N=C(\C#N)c1ccccn1. The van der Waals surface area contributed by atoms with E-state index in [2.05, 4.69) is 15.0 Å². The zero-order valence-electron chi connectivity index (χ0n) is 8.91. The molecule has 0 atom stereocenters. The van der Waals surface area contributed by atoms with E-state index in [0.29, 0.717) is 5.69 Å². The summed E-state index contributed by atoms with van der Waals surface area (Å²) in [7, 11) is 3.04. The minimum Gasteiger partial charge on any atom is -0.312 e. The minimum absolute atomic E-state index is 0.0456. The Labute approximate surface area is 92.8 Å². The van der Waals surface area contributed by atoms with E-state index in [1.807, 2.05) is 0 Å². The molecule has 6 nitrogen and oxygen atoms in total. The summed E-state index contributed by atoms with van der Waals surface area (Å²) in [4.78, 5) is 20.7. The van der Waals surface area contributed by atoms with Crippen LogP contribution in [0.5, 0.6) is 0 Å². The molecule has 1 amide bonds. The number of amides is 1. The fourth-order valence-corrected chi connectivity index (χ4v) is 0.794. The van der Waals surface area contributed by atoms with Gasteiger partial charge in [-0.3, -0.25) is 9.82 Å². The van der Waals surface area contributed by atoms with Crippen molar-refractivity contribution in [2.75, 3.05) is 14.1 Å². The van der Waals surface area contributed by atoms with E-state index in [9.17, 15) is 4.79 Å². The van der Waals surface area contributed by atoms with Gasteiger partial charge in [0.2, 0.25) is 5.71 Å². The van der Waals surface area contributed by atoms with E-state index in [4.69, 9.17) is 5.26 Å². The molecule has 0 saturated heterocycles. The normalized spacial score (nSPS) is 10.4. The van der Waals surface area contributed by atoms with Crippen molar-refractivity contribution in [1.82, 2.24) is 9.88 Å². The lowest BCUT2D eigenvalue weighted by Gasteiger charge is -2.05. The molecule has 6 heteroatoms. The Morgan fingerprint density at radius 1 is 1.56 bits per heavy atom. The summed E-state index contributed by atoms with van der Waals surface area (Å²) in [6, 6.07) is 6.83. The average molecular weight is 218 g/mol. The zero-order valence-corrected chi connectivity index (χ0v) is 8.91. The van der Waals surface area contributed by atoms with E-state index < -0.39 is 6.09 Å². The highest BCUT2D eigenvalue weighted by atomic mass is 16.7. The molecule has 1 heterocycles. The van der Waals surface area contributed by atoms with E-state index in [1.165, 1.54) is 25.2 Å². The highest BCUT2D eigenvalue weighted by Crippen LogP contribution is 1.97. The lowest BCUT2D eigenvalue weighted by atomic mass is 10.2. The van der Waals surface area contributed by atoms with Crippen molar-refractivity contribution >= 4 is 11.8 Å². The average Bonchev–Trinajstić information content (AvgIpc) is 2.30. The van der Waals surface area contributed by atoms with Crippen molar-refractivity contribution in [2.45, 2.75) is 0 Å². The molecule has 1 aromatic rings. The molecule has 0 bridgehead atoms. The summed E-state index contributed by atoms with van der Waals surface area (Å²) >= 11 is 0. The molecule has 16 heavy (non-hydrogen) atoms. The quantitative estimate of drug-likeness (QED) is 0.421. The number of rotatable bonds is 2. The van der Waals surface area contributed by atoms with Gasteiger partial charge in [0, 0.05) is 20.3 Å². The lowest BCUT2D eigenvalue weighted by molar-refractivity contribution is 0.122. The molecule has 1 rings (SSSR count). The van der Waals surface area contributed by atoms with Gasteiger partial charge in [-0.15, -0.1) is 0 Å². The maximum Gasteiger partial charge on any atom is 0.435 e. The summed E-state index contributed by atoms with van der Waals surface area (Å²) in [6.45, 7) is 0. The second kappa shape index (κ2) is 5.46. The predicted molar refractivity (Wildman–Crippen MR) is 56.6 cm³/mol. The Morgan fingerprint density at radius 3 is 2.81 bits per heavy atom. The number of nitrogens with zero attached hydrogens (tertiary/aromatic N) is 4. The van der Waals surface area contributed by atoms with Gasteiger partial charge in [0.1, 0.15) is 11.8 Å². The number of carbonyl (C=O) groups is 1. The summed E-state index contributed by atoms with van der Waals surface area (Å²) < 4.78 is 0. The third-order valence-electron chi connectivity index (χ3n) is 1.59. The first-order chi connectivity index (χ1) is 7.65. The first kappa shape index (κ1) is 11.7. The van der Waals surface area contributed by atoms with Gasteiger partial charge in [0.05, 0.1) is 0 Å². The number of hydrogen-bond donors (Lipinski definition) is 0. The molecule has 0 N–H and O–H groups in total. The van der Waals surface area contributed by atoms with Crippen molar-refractivity contribution in [1.29, 1.82) is 5.26 Å². The van der Waals surface area contributed by atoms with Crippen LogP contribution in [0.1, 0.15) is 5.69 Å². The van der Waals surface area contributed by atoms with Crippen LogP contribution in [0.4, 0.5) is 4.79 Å². The van der Waals surface area contributed by atoms with Gasteiger partial charge in [0.25, 0.3) is 0 Å². The first-order valence-electron chi connectivity index (χ1n) is 4.43. The minimum atomic E-state index is -0.649. The predicted octanol–water partition coefficient (Wildman–Crippen LogP) is 1.01. The van der Waals surface area contributed by atoms with E-state index in [0.717, 1.165) is 0 Å². The number of pyridine rings is 1. The lowest BCUT2D eigenvalue weighted by Crippen LogP contribution is -2.21. The van der Waals surface area contributed by atoms with Crippen LogP contribution in [0.2, 0.25) is 0 Å². The number of aromatic nitrogens is 1. The number of hydrogen-bond acceptors (Lipinski definition) is 5. The second-order valence-electron chi connectivity index (χ2n) is 3.02. The van der Waals surface area contributed by atoms with E-state index >= 15 is 0 Å². The Morgan fingerprint density at radius 2 is 2.31 bits per heavy atom. The van der Waals surface area contributed by atoms with Crippen LogP contribution in [0, 0.1) is 11.3 Å². The molecule has 0 fully saturated rings. The van der Waals surface area contributed by atoms with Crippen molar-refractivity contribution in [3.05, 3.63) is 30.1 Å². The van der Waals surface area contributed by atoms with Crippen LogP contribution in [-0.2, 0) is 4.84 Å². The van der Waals surface area contributed by atoms with Crippen LogP contribution in [0.15, 0.2) is 29.6 Å². The van der Waals surface area contributed by atoms with Crippen LogP contribution in [0.3, 0.4) is 0 Å². The van der Waals surface area contributed by atoms with Gasteiger partial charge in [-0.25, -0.2) is 4.79 Å². The van der Waals surface area contributed by atoms with Gasteiger partial charge in [0.15, 0.2) is 0 Å². The first-order valence-corrected chi connectivity index (χ1v) is 4.43. The number of carbonyl (C=O) groups excluding carboxylic acids is 1. The highest BCUT2D eigenvalue weighted by molar-refractivity contribution is 6.10. The number of oxime groups is 1. The second-order valence-corrected chi connectivity index (χ2v) is 3.02. The van der Waals surface area contributed by atoms with Gasteiger partial charge in [-0.1, -0.05) is 11.2 Å².